The first kappa shape index (κ1) is 18.2. The summed E-state index contributed by atoms with van der Waals surface area (Å²) < 4.78 is 37.2. The molecule has 0 saturated carbocycles. The lowest BCUT2D eigenvalue weighted by Crippen LogP contribution is -2.47. The normalized spacial score (nSPS) is 15.8. The summed E-state index contributed by atoms with van der Waals surface area (Å²) in [7, 11) is -1.41. The minimum absolute atomic E-state index is 0.0450. The fourth-order valence-corrected chi connectivity index (χ4v) is 3.56. The van der Waals surface area contributed by atoms with Gasteiger partial charge < -0.3 is 14.6 Å². The van der Waals surface area contributed by atoms with Crippen molar-refractivity contribution in [2.45, 2.75) is 0 Å². The topological polar surface area (TPSA) is 113 Å². The molecule has 0 spiro atoms. The van der Waals surface area contributed by atoms with Gasteiger partial charge in [0.2, 0.25) is 0 Å². The van der Waals surface area contributed by atoms with E-state index in [0.717, 1.165) is 17.5 Å². The number of hydrogen-bond donors (Lipinski definition) is 1. The van der Waals surface area contributed by atoms with E-state index in [1.54, 1.807) is 0 Å². The summed E-state index contributed by atoms with van der Waals surface area (Å²) in [5, 5.41) is 9.17. The SMILES string of the molecule is COC(=O)c1cc(C(=O)O)cc(N(C)S(=O)(=O)N2CCOCC2)c1. The molecule has 1 fully saturated rings. The molecule has 1 N–H and O–H groups in total. The van der Waals surface area contributed by atoms with Crippen LogP contribution in [0.25, 0.3) is 0 Å². The Kier molecular flexibility index (Phi) is 5.42. The summed E-state index contributed by atoms with van der Waals surface area (Å²) in [5.74, 6) is -2.03. The lowest BCUT2D eigenvalue weighted by Gasteiger charge is -2.31. The van der Waals surface area contributed by atoms with E-state index in [0.29, 0.717) is 0 Å². The van der Waals surface area contributed by atoms with Gasteiger partial charge >= 0.3 is 22.1 Å². The first-order valence-electron chi connectivity index (χ1n) is 7.06. The molecule has 0 bridgehead atoms. The monoisotopic (exact) mass is 358 g/mol. The molecule has 1 aliphatic heterocycles. The lowest BCUT2D eigenvalue weighted by atomic mass is 10.1. The van der Waals surface area contributed by atoms with Crippen LogP contribution in [0.15, 0.2) is 18.2 Å². The molecule has 0 aliphatic carbocycles. The van der Waals surface area contributed by atoms with E-state index in [9.17, 15) is 23.1 Å². The fraction of sp³-hybridized carbons (Fsp3) is 0.429. The highest BCUT2D eigenvalue weighted by atomic mass is 32.2. The fourth-order valence-electron chi connectivity index (χ4n) is 2.24. The molecule has 0 aromatic heterocycles. The van der Waals surface area contributed by atoms with Gasteiger partial charge in [-0.1, -0.05) is 0 Å². The van der Waals surface area contributed by atoms with E-state index in [1.165, 1.54) is 23.5 Å². The molecule has 1 aromatic rings. The van der Waals surface area contributed by atoms with Crippen molar-refractivity contribution in [3.8, 4) is 0 Å². The molecule has 24 heavy (non-hydrogen) atoms. The number of nitrogens with zero attached hydrogens (tertiary/aromatic N) is 2. The quantitative estimate of drug-likeness (QED) is 0.747. The minimum Gasteiger partial charge on any atom is -0.478 e. The minimum atomic E-state index is -3.87. The zero-order chi connectivity index (χ0) is 17.9. The van der Waals surface area contributed by atoms with Gasteiger partial charge in [-0.25, -0.2) is 9.59 Å². The second kappa shape index (κ2) is 7.16. The zero-order valence-electron chi connectivity index (χ0n) is 13.3. The molecule has 10 heteroatoms. The molecular weight excluding hydrogens is 340 g/mol. The van der Waals surface area contributed by atoms with Gasteiger partial charge in [-0.2, -0.15) is 12.7 Å². The number of aromatic carboxylic acids is 1. The number of carboxylic acid groups (broad SMARTS) is 1. The molecule has 1 aromatic carbocycles. The Morgan fingerprint density at radius 2 is 1.79 bits per heavy atom. The van der Waals surface area contributed by atoms with E-state index in [1.807, 2.05) is 0 Å². The molecule has 0 atom stereocenters. The number of hydrogen-bond acceptors (Lipinski definition) is 6. The van der Waals surface area contributed by atoms with E-state index in [2.05, 4.69) is 4.74 Å². The highest BCUT2D eigenvalue weighted by molar-refractivity contribution is 7.90. The van der Waals surface area contributed by atoms with Crippen LogP contribution in [0.4, 0.5) is 5.69 Å². The number of ether oxygens (including phenoxy) is 2. The number of methoxy groups -OCH3 is 1. The average molecular weight is 358 g/mol. The maximum Gasteiger partial charge on any atom is 0.337 e. The van der Waals surface area contributed by atoms with Crippen molar-refractivity contribution in [2.75, 3.05) is 44.8 Å². The highest BCUT2D eigenvalue weighted by Crippen LogP contribution is 2.23. The molecule has 1 saturated heterocycles. The molecular formula is C14H18N2O7S. The largest absolute Gasteiger partial charge is 0.478 e. The van der Waals surface area contributed by atoms with E-state index >= 15 is 0 Å². The van der Waals surface area contributed by atoms with Crippen LogP contribution in [0.5, 0.6) is 0 Å². The summed E-state index contributed by atoms with van der Waals surface area (Å²) >= 11 is 0. The third-order valence-corrected chi connectivity index (χ3v) is 5.51. The first-order valence-corrected chi connectivity index (χ1v) is 8.45. The second-order valence-electron chi connectivity index (χ2n) is 5.05. The van der Waals surface area contributed by atoms with Crippen molar-refractivity contribution in [3.05, 3.63) is 29.3 Å². The Bertz CT molecular complexity index is 741. The van der Waals surface area contributed by atoms with Crippen molar-refractivity contribution >= 4 is 27.8 Å². The van der Waals surface area contributed by atoms with Crippen LogP contribution in [-0.4, -0.2) is 70.2 Å². The number of rotatable bonds is 5. The third kappa shape index (κ3) is 3.66. The second-order valence-corrected chi connectivity index (χ2v) is 7.01. The van der Waals surface area contributed by atoms with Crippen LogP contribution < -0.4 is 4.31 Å². The van der Waals surface area contributed by atoms with Gasteiger partial charge in [-0.05, 0) is 18.2 Å². The van der Waals surface area contributed by atoms with Gasteiger partial charge in [0.15, 0.2) is 0 Å². The first-order chi connectivity index (χ1) is 11.3. The van der Waals surface area contributed by atoms with Crippen LogP contribution in [0.3, 0.4) is 0 Å². The summed E-state index contributed by atoms with van der Waals surface area (Å²) in [6.07, 6.45) is 0. The van der Waals surface area contributed by atoms with Gasteiger partial charge in [-0.15, -0.1) is 0 Å². The zero-order valence-corrected chi connectivity index (χ0v) is 14.1. The number of anilines is 1. The highest BCUT2D eigenvalue weighted by Gasteiger charge is 2.29. The summed E-state index contributed by atoms with van der Waals surface area (Å²) in [6.45, 7) is 0.982. The van der Waals surface area contributed by atoms with Crippen molar-refractivity contribution in [3.63, 3.8) is 0 Å². The number of esters is 1. The van der Waals surface area contributed by atoms with E-state index in [-0.39, 0.29) is 43.1 Å². The van der Waals surface area contributed by atoms with Crippen LogP contribution in [0, 0.1) is 0 Å². The number of carbonyl (C=O) groups is 2. The molecule has 0 amide bonds. The van der Waals surface area contributed by atoms with Gasteiger partial charge in [0.25, 0.3) is 0 Å². The molecule has 132 valence electrons. The Morgan fingerprint density at radius 1 is 1.21 bits per heavy atom. The van der Waals surface area contributed by atoms with Crippen LogP contribution in [-0.2, 0) is 19.7 Å². The van der Waals surface area contributed by atoms with Gasteiger partial charge in [-0.3, -0.25) is 4.31 Å². The Balaban J connectivity index is 2.43. The van der Waals surface area contributed by atoms with Crippen LogP contribution in [0.2, 0.25) is 0 Å². The molecule has 1 aliphatic rings. The molecule has 1 heterocycles. The molecule has 2 rings (SSSR count). The van der Waals surface area contributed by atoms with Gasteiger partial charge in [0.1, 0.15) is 0 Å². The van der Waals surface area contributed by atoms with Crippen molar-refractivity contribution in [2.24, 2.45) is 0 Å². The van der Waals surface area contributed by atoms with E-state index in [4.69, 9.17) is 4.74 Å². The van der Waals surface area contributed by atoms with Crippen molar-refractivity contribution in [1.29, 1.82) is 0 Å². The average Bonchev–Trinajstić information content (AvgIpc) is 2.60. The smallest absolute Gasteiger partial charge is 0.337 e. The Labute approximate surface area is 139 Å². The predicted molar refractivity (Wildman–Crippen MR) is 84.5 cm³/mol. The molecule has 9 nitrogen and oxygen atoms in total. The molecule has 0 unspecified atom stereocenters. The van der Waals surface area contributed by atoms with Gasteiger partial charge in [0.05, 0.1) is 37.1 Å². The Hall–Kier alpha value is -2.17. The summed E-state index contributed by atoms with van der Waals surface area (Å²) in [6, 6.07) is 3.59. The summed E-state index contributed by atoms with van der Waals surface area (Å²) in [4.78, 5) is 22.9. The Morgan fingerprint density at radius 3 is 2.33 bits per heavy atom. The van der Waals surface area contributed by atoms with Gasteiger partial charge in [0, 0.05) is 20.1 Å². The lowest BCUT2D eigenvalue weighted by molar-refractivity contribution is 0.0600. The maximum atomic E-state index is 12.7. The van der Waals surface area contributed by atoms with Crippen molar-refractivity contribution < 1.29 is 32.6 Å². The van der Waals surface area contributed by atoms with Crippen molar-refractivity contribution in [1.82, 2.24) is 4.31 Å². The summed E-state index contributed by atoms with van der Waals surface area (Å²) in [5.41, 5.74) is -0.199. The number of carboxylic acids is 1. The number of benzene rings is 1. The predicted octanol–water partition coefficient (Wildman–Crippen LogP) is 0.185. The molecule has 0 radical (unpaired) electrons. The third-order valence-electron chi connectivity index (χ3n) is 3.59. The van der Waals surface area contributed by atoms with Crippen LogP contribution >= 0.6 is 0 Å². The van der Waals surface area contributed by atoms with E-state index < -0.39 is 22.1 Å². The number of carbonyl (C=O) groups excluding carboxylic acids is 1. The number of morpholine rings is 1. The van der Waals surface area contributed by atoms with Crippen LogP contribution in [0.1, 0.15) is 20.7 Å². The maximum absolute atomic E-state index is 12.7. The standard InChI is InChI=1S/C14H18N2O7S/c1-15(24(20,21)16-3-5-23-6-4-16)12-8-10(13(17)18)7-11(9-12)14(19)22-2/h7-9H,3-6H2,1-2H3,(H,17,18).